The van der Waals surface area contributed by atoms with Crippen LogP contribution in [0.3, 0.4) is 0 Å². The molecule has 1 aliphatic heterocycles. The van der Waals surface area contributed by atoms with Crippen molar-refractivity contribution in [2.24, 2.45) is 0 Å². The predicted octanol–water partition coefficient (Wildman–Crippen LogP) is 2.40. The number of piperazine rings is 1. The number of nitrogens with zero attached hydrogens (tertiary/aromatic N) is 5. The molecule has 0 saturated carbocycles. The fourth-order valence-corrected chi connectivity index (χ4v) is 2.83. The number of para-hydroxylation sites is 1. The molecular weight excluding hydrogens is 342 g/mol. The van der Waals surface area contributed by atoms with Gasteiger partial charge in [0.2, 0.25) is 5.95 Å². The van der Waals surface area contributed by atoms with Crippen LogP contribution in [0.15, 0.2) is 24.3 Å². The lowest BCUT2D eigenvalue weighted by atomic mass is 10.2. The number of anilines is 2. The molecule has 1 aromatic heterocycles. The number of fused-ring (bicyclic) bond motifs is 1. The van der Waals surface area contributed by atoms with E-state index >= 15 is 0 Å². The quantitative estimate of drug-likeness (QED) is 0.832. The van der Waals surface area contributed by atoms with E-state index in [0.29, 0.717) is 38.7 Å². The Morgan fingerprint density at radius 3 is 2.48 bits per heavy atom. The number of carbonyl (C=O) groups is 1. The maximum Gasteiger partial charge on any atom is 0.409 e. The van der Waals surface area contributed by atoms with Gasteiger partial charge in [0, 0.05) is 45.7 Å². The first-order valence-corrected chi connectivity index (χ1v) is 8.21. The molecule has 0 aliphatic carbocycles. The van der Waals surface area contributed by atoms with Crippen molar-refractivity contribution >= 4 is 41.2 Å². The summed E-state index contributed by atoms with van der Waals surface area (Å²) in [6.45, 7) is 4.85. The van der Waals surface area contributed by atoms with Gasteiger partial charge in [-0.25, -0.2) is 9.78 Å². The molecule has 25 heavy (non-hydrogen) atoms. The fourth-order valence-electron chi connectivity index (χ4n) is 2.83. The van der Waals surface area contributed by atoms with Crippen molar-refractivity contribution in [1.29, 1.82) is 0 Å². The van der Waals surface area contributed by atoms with Crippen molar-refractivity contribution in [2.75, 3.05) is 56.7 Å². The van der Waals surface area contributed by atoms with Crippen LogP contribution in [0.1, 0.15) is 6.92 Å². The highest BCUT2D eigenvalue weighted by molar-refractivity contribution is 5.90. The van der Waals surface area contributed by atoms with Gasteiger partial charge < -0.3 is 19.4 Å². The summed E-state index contributed by atoms with van der Waals surface area (Å²) in [7, 11) is 3.97. The molecule has 8 heteroatoms. The molecule has 136 valence electrons. The van der Waals surface area contributed by atoms with Crippen LogP contribution in [0.5, 0.6) is 0 Å². The monoisotopic (exact) mass is 365 g/mol. The van der Waals surface area contributed by atoms with Gasteiger partial charge in [0.25, 0.3) is 0 Å². The summed E-state index contributed by atoms with van der Waals surface area (Å²) >= 11 is 0. The normalized spacial score (nSPS) is 14.2. The zero-order chi connectivity index (χ0) is 17.1. The maximum absolute atomic E-state index is 11.8. The van der Waals surface area contributed by atoms with Crippen LogP contribution >= 0.6 is 12.4 Å². The highest BCUT2D eigenvalue weighted by Gasteiger charge is 2.24. The van der Waals surface area contributed by atoms with E-state index in [1.165, 1.54) is 0 Å². The van der Waals surface area contributed by atoms with Crippen LogP contribution in [-0.4, -0.2) is 67.8 Å². The smallest absolute Gasteiger partial charge is 0.409 e. The molecule has 0 spiro atoms. The molecule has 0 radical (unpaired) electrons. The number of hydrogen-bond acceptors (Lipinski definition) is 6. The van der Waals surface area contributed by atoms with E-state index in [1.807, 2.05) is 50.2 Å². The van der Waals surface area contributed by atoms with Crippen LogP contribution in [0.25, 0.3) is 10.9 Å². The standard InChI is InChI=1S/C17H23N5O2.ClH/c1-4-24-17(23)22-11-9-21(10-12-22)16-18-14-8-6-5-7-13(14)15(19-16)20(2)3;/h5-8H,4,9-12H2,1-3H3;1H. The van der Waals surface area contributed by atoms with Gasteiger partial charge in [-0.05, 0) is 19.1 Å². The van der Waals surface area contributed by atoms with Crippen molar-refractivity contribution in [1.82, 2.24) is 14.9 Å². The SMILES string of the molecule is CCOC(=O)N1CCN(c2nc(N(C)C)c3ccccc3n2)CC1.Cl. The molecule has 2 aromatic rings. The van der Waals surface area contributed by atoms with Crippen LogP contribution < -0.4 is 9.80 Å². The summed E-state index contributed by atoms with van der Waals surface area (Å²) in [6, 6.07) is 8.02. The van der Waals surface area contributed by atoms with Gasteiger partial charge >= 0.3 is 6.09 Å². The molecule has 0 N–H and O–H groups in total. The summed E-state index contributed by atoms with van der Waals surface area (Å²) in [5.41, 5.74) is 0.930. The second-order valence-corrected chi connectivity index (χ2v) is 5.93. The Labute approximate surface area is 154 Å². The van der Waals surface area contributed by atoms with E-state index in [-0.39, 0.29) is 18.5 Å². The van der Waals surface area contributed by atoms with E-state index in [1.54, 1.807) is 4.90 Å². The fraction of sp³-hybridized carbons (Fsp3) is 0.471. The predicted molar refractivity (Wildman–Crippen MR) is 102 cm³/mol. The lowest BCUT2D eigenvalue weighted by Gasteiger charge is -2.34. The molecule has 1 saturated heterocycles. The molecule has 1 aromatic carbocycles. The average molecular weight is 366 g/mol. The van der Waals surface area contributed by atoms with E-state index in [9.17, 15) is 4.79 Å². The number of amides is 1. The molecule has 1 aliphatic rings. The lowest BCUT2D eigenvalue weighted by Crippen LogP contribution is -2.49. The largest absolute Gasteiger partial charge is 0.450 e. The van der Waals surface area contributed by atoms with Crippen molar-refractivity contribution in [3.05, 3.63) is 24.3 Å². The van der Waals surface area contributed by atoms with Crippen LogP contribution in [0.2, 0.25) is 0 Å². The Kier molecular flexibility index (Phi) is 6.25. The zero-order valence-corrected chi connectivity index (χ0v) is 15.6. The van der Waals surface area contributed by atoms with Gasteiger partial charge in [0.1, 0.15) is 5.82 Å². The van der Waals surface area contributed by atoms with Gasteiger partial charge in [-0.2, -0.15) is 4.98 Å². The minimum atomic E-state index is -0.245. The second-order valence-electron chi connectivity index (χ2n) is 5.93. The third-order valence-corrected chi connectivity index (χ3v) is 4.08. The Morgan fingerprint density at radius 1 is 1.16 bits per heavy atom. The summed E-state index contributed by atoms with van der Waals surface area (Å²) in [5, 5.41) is 1.04. The van der Waals surface area contributed by atoms with Gasteiger partial charge in [-0.1, -0.05) is 12.1 Å². The lowest BCUT2D eigenvalue weighted by molar-refractivity contribution is 0.105. The number of benzene rings is 1. The Morgan fingerprint density at radius 2 is 1.84 bits per heavy atom. The minimum absolute atomic E-state index is 0. The van der Waals surface area contributed by atoms with Crippen LogP contribution in [-0.2, 0) is 4.74 Å². The number of rotatable bonds is 3. The summed E-state index contributed by atoms with van der Waals surface area (Å²) in [6.07, 6.45) is -0.245. The van der Waals surface area contributed by atoms with Gasteiger partial charge in [0.05, 0.1) is 12.1 Å². The van der Waals surface area contributed by atoms with Gasteiger partial charge in [-0.3, -0.25) is 0 Å². The zero-order valence-electron chi connectivity index (χ0n) is 14.8. The highest BCUT2D eigenvalue weighted by Crippen LogP contribution is 2.25. The summed E-state index contributed by atoms with van der Waals surface area (Å²) in [5.74, 6) is 1.62. The third-order valence-electron chi connectivity index (χ3n) is 4.08. The van der Waals surface area contributed by atoms with Gasteiger partial charge in [0.15, 0.2) is 0 Å². The molecule has 2 heterocycles. The first kappa shape index (κ1) is 19.1. The van der Waals surface area contributed by atoms with E-state index in [4.69, 9.17) is 14.7 Å². The third kappa shape index (κ3) is 4.04. The molecular formula is C17H24ClN5O2. The number of aromatic nitrogens is 2. The summed E-state index contributed by atoms with van der Waals surface area (Å²) in [4.78, 5) is 27.1. The minimum Gasteiger partial charge on any atom is -0.450 e. The number of hydrogen-bond donors (Lipinski definition) is 0. The Balaban J connectivity index is 0.00000225. The highest BCUT2D eigenvalue weighted by atomic mass is 35.5. The average Bonchev–Trinajstić information content (AvgIpc) is 2.61. The molecule has 1 amide bonds. The Bertz CT molecular complexity index is 732. The van der Waals surface area contributed by atoms with Crippen molar-refractivity contribution in [2.45, 2.75) is 6.92 Å². The van der Waals surface area contributed by atoms with Crippen molar-refractivity contribution < 1.29 is 9.53 Å². The van der Waals surface area contributed by atoms with E-state index < -0.39 is 0 Å². The number of halogens is 1. The van der Waals surface area contributed by atoms with Crippen LogP contribution in [0, 0.1) is 0 Å². The first-order valence-electron chi connectivity index (χ1n) is 8.21. The second kappa shape index (κ2) is 8.20. The summed E-state index contributed by atoms with van der Waals surface area (Å²) < 4.78 is 5.06. The van der Waals surface area contributed by atoms with Gasteiger partial charge in [-0.15, -0.1) is 12.4 Å². The molecule has 0 bridgehead atoms. The molecule has 1 fully saturated rings. The molecule has 0 atom stereocenters. The molecule has 0 unspecified atom stereocenters. The van der Waals surface area contributed by atoms with E-state index in [2.05, 4.69) is 4.90 Å². The number of ether oxygens (including phenoxy) is 1. The molecule has 3 rings (SSSR count). The topological polar surface area (TPSA) is 61.8 Å². The molecule has 7 nitrogen and oxygen atoms in total. The number of carbonyl (C=O) groups excluding carboxylic acids is 1. The Hall–Kier alpha value is -2.28. The maximum atomic E-state index is 11.8. The van der Waals surface area contributed by atoms with E-state index in [0.717, 1.165) is 16.7 Å². The van der Waals surface area contributed by atoms with Crippen molar-refractivity contribution in [3.8, 4) is 0 Å². The van der Waals surface area contributed by atoms with Crippen LogP contribution in [0.4, 0.5) is 16.6 Å². The van der Waals surface area contributed by atoms with Crippen molar-refractivity contribution in [3.63, 3.8) is 0 Å². The first-order chi connectivity index (χ1) is 11.6.